The number of hydrogen-bond donors (Lipinski definition) is 1. The molecular weight excluding hydrogens is 270 g/mol. The molecule has 1 N–H and O–H groups in total. The molecular formula is C20H25NO. The molecule has 1 atom stereocenters. The standard InChI is InChI=1S/C20H25NO/c1-15(16-8-6-5-7-9-16)14-21-19(22)17-10-12-18(13-11-17)20(2,3)4/h5-13,15H,14H2,1-4H3,(H,21,22). The third-order valence-corrected chi connectivity index (χ3v) is 3.95. The Morgan fingerprint density at radius 3 is 2.14 bits per heavy atom. The number of rotatable bonds is 4. The minimum absolute atomic E-state index is 0.0109. The summed E-state index contributed by atoms with van der Waals surface area (Å²) in [5.41, 5.74) is 3.30. The van der Waals surface area contributed by atoms with Gasteiger partial charge in [-0.05, 0) is 34.6 Å². The molecule has 1 unspecified atom stereocenters. The molecule has 0 bridgehead atoms. The maximum Gasteiger partial charge on any atom is 0.251 e. The van der Waals surface area contributed by atoms with Crippen LogP contribution in [0.4, 0.5) is 0 Å². The second-order valence-electron chi connectivity index (χ2n) is 6.85. The summed E-state index contributed by atoms with van der Waals surface area (Å²) in [6, 6.07) is 18.1. The average molecular weight is 295 g/mol. The summed E-state index contributed by atoms with van der Waals surface area (Å²) in [7, 11) is 0. The fourth-order valence-corrected chi connectivity index (χ4v) is 2.37. The fourth-order valence-electron chi connectivity index (χ4n) is 2.37. The third kappa shape index (κ3) is 4.20. The van der Waals surface area contributed by atoms with Gasteiger partial charge >= 0.3 is 0 Å². The molecule has 0 saturated carbocycles. The van der Waals surface area contributed by atoms with Crippen LogP contribution < -0.4 is 5.32 Å². The van der Waals surface area contributed by atoms with Crippen molar-refractivity contribution in [3.63, 3.8) is 0 Å². The summed E-state index contributed by atoms with van der Waals surface area (Å²) in [4.78, 5) is 12.2. The van der Waals surface area contributed by atoms with Crippen LogP contribution in [-0.4, -0.2) is 12.5 Å². The second-order valence-corrected chi connectivity index (χ2v) is 6.85. The molecule has 0 radical (unpaired) electrons. The van der Waals surface area contributed by atoms with Crippen LogP contribution in [0.3, 0.4) is 0 Å². The molecule has 116 valence electrons. The number of hydrogen-bond acceptors (Lipinski definition) is 1. The van der Waals surface area contributed by atoms with E-state index in [1.807, 2.05) is 42.5 Å². The van der Waals surface area contributed by atoms with Gasteiger partial charge in [0.15, 0.2) is 0 Å². The van der Waals surface area contributed by atoms with Crippen LogP contribution in [0.1, 0.15) is 55.1 Å². The van der Waals surface area contributed by atoms with Crippen LogP contribution in [0.5, 0.6) is 0 Å². The predicted octanol–water partition coefficient (Wildman–Crippen LogP) is 4.52. The lowest BCUT2D eigenvalue weighted by atomic mass is 9.86. The van der Waals surface area contributed by atoms with Crippen molar-refractivity contribution in [2.24, 2.45) is 0 Å². The Morgan fingerprint density at radius 2 is 1.59 bits per heavy atom. The Kier molecular flexibility index (Phi) is 5.02. The molecule has 22 heavy (non-hydrogen) atoms. The number of carbonyl (C=O) groups is 1. The van der Waals surface area contributed by atoms with Gasteiger partial charge < -0.3 is 5.32 Å². The molecule has 0 aliphatic carbocycles. The van der Waals surface area contributed by atoms with Crippen LogP contribution in [-0.2, 0) is 5.41 Å². The summed E-state index contributed by atoms with van der Waals surface area (Å²) in [6.45, 7) is 9.28. The van der Waals surface area contributed by atoms with Crippen LogP contribution in [0.2, 0.25) is 0 Å². The molecule has 2 nitrogen and oxygen atoms in total. The molecule has 2 aromatic carbocycles. The third-order valence-electron chi connectivity index (χ3n) is 3.95. The van der Waals surface area contributed by atoms with Gasteiger partial charge in [0.05, 0.1) is 0 Å². The fraction of sp³-hybridized carbons (Fsp3) is 0.350. The van der Waals surface area contributed by atoms with Crippen molar-refractivity contribution in [1.82, 2.24) is 5.32 Å². The normalized spacial score (nSPS) is 12.7. The Bertz CT molecular complexity index is 608. The van der Waals surface area contributed by atoms with Gasteiger partial charge in [-0.2, -0.15) is 0 Å². The lowest BCUT2D eigenvalue weighted by molar-refractivity contribution is 0.0951. The smallest absolute Gasteiger partial charge is 0.251 e. The minimum Gasteiger partial charge on any atom is -0.351 e. The van der Waals surface area contributed by atoms with Crippen LogP contribution in [0.25, 0.3) is 0 Å². The van der Waals surface area contributed by atoms with Crippen molar-refractivity contribution < 1.29 is 4.79 Å². The van der Waals surface area contributed by atoms with E-state index in [0.717, 1.165) is 0 Å². The van der Waals surface area contributed by atoms with Crippen LogP contribution in [0, 0.1) is 0 Å². The average Bonchev–Trinajstić information content (AvgIpc) is 2.52. The van der Waals surface area contributed by atoms with E-state index in [4.69, 9.17) is 0 Å². The predicted molar refractivity (Wildman–Crippen MR) is 92.3 cm³/mol. The van der Waals surface area contributed by atoms with E-state index in [1.54, 1.807) is 0 Å². The summed E-state index contributed by atoms with van der Waals surface area (Å²) in [5, 5.41) is 3.02. The summed E-state index contributed by atoms with van der Waals surface area (Å²) >= 11 is 0. The molecule has 0 aliphatic heterocycles. The van der Waals surface area contributed by atoms with E-state index in [-0.39, 0.29) is 11.3 Å². The summed E-state index contributed by atoms with van der Waals surface area (Å²) in [6.07, 6.45) is 0. The zero-order valence-electron chi connectivity index (χ0n) is 13.9. The number of carbonyl (C=O) groups excluding carboxylic acids is 1. The maximum atomic E-state index is 12.2. The van der Waals surface area contributed by atoms with Crippen LogP contribution in [0.15, 0.2) is 54.6 Å². The van der Waals surface area contributed by atoms with Gasteiger partial charge in [-0.1, -0.05) is 70.2 Å². The van der Waals surface area contributed by atoms with Gasteiger partial charge in [0, 0.05) is 12.1 Å². The number of benzene rings is 2. The van der Waals surface area contributed by atoms with Gasteiger partial charge in [-0.3, -0.25) is 4.79 Å². The molecule has 2 aromatic rings. The largest absolute Gasteiger partial charge is 0.351 e. The van der Waals surface area contributed by atoms with Crippen molar-refractivity contribution >= 4 is 5.91 Å². The molecule has 2 heteroatoms. The van der Waals surface area contributed by atoms with Gasteiger partial charge in [0.25, 0.3) is 5.91 Å². The van der Waals surface area contributed by atoms with Crippen molar-refractivity contribution in [3.8, 4) is 0 Å². The monoisotopic (exact) mass is 295 g/mol. The first-order valence-corrected chi connectivity index (χ1v) is 7.81. The highest BCUT2D eigenvalue weighted by Gasteiger charge is 2.14. The van der Waals surface area contributed by atoms with E-state index in [1.165, 1.54) is 11.1 Å². The van der Waals surface area contributed by atoms with Gasteiger partial charge in [0.2, 0.25) is 0 Å². The molecule has 0 spiro atoms. The van der Waals surface area contributed by atoms with Crippen molar-refractivity contribution in [2.45, 2.75) is 39.0 Å². The van der Waals surface area contributed by atoms with Crippen molar-refractivity contribution in [1.29, 1.82) is 0 Å². The summed E-state index contributed by atoms with van der Waals surface area (Å²) in [5.74, 6) is 0.294. The second kappa shape index (κ2) is 6.78. The van der Waals surface area contributed by atoms with Crippen molar-refractivity contribution in [2.75, 3.05) is 6.54 Å². The highest BCUT2D eigenvalue weighted by Crippen LogP contribution is 2.22. The lowest BCUT2D eigenvalue weighted by Gasteiger charge is -2.19. The molecule has 0 saturated heterocycles. The Labute approximate surface area is 133 Å². The Hall–Kier alpha value is -2.09. The molecule has 2 rings (SSSR count). The van der Waals surface area contributed by atoms with Gasteiger partial charge in [0.1, 0.15) is 0 Å². The molecule has 0 fully saturated rings. The SMILES string of the molecule is CC(CNC(=O)c1ccc(C(C)(C)C)cc1)c1ccccc1. The van der Waals surface area contributed by atoms with Crippen molar-refractivity contribution in [3.05, 3.63) is 71.3 Å². The van der Waals surface area contributed by atoms with Gasteiger partial charge in [-0.25, -0.2) is 0 Å². The molecule has 1 amide bonds. The highest BCUT2D eigenvalue weighted by atomic mass is 16.1. The number of amides is 1. The van der Waals surface area contributed by atoms with E-state index in [2.05, 4.69) is 45.1 Å². The minimum atomic E-state index is -0.0109. The first kappa shape index (κ1) is 16.3. The van der Waals surface area contributed by atoms with E-state index >= 15 is 0 Å². The van der Waals surface area contributed by atoms with E-state index in [9.17, 15) is 4.79 Å². The quantitative estimate of drug-likeness (QED) is 0.883. The lowest BCUT2D eigenvalue weighted by Crippen LogP contribution is -2.27. The van der Waals surface area contributed by atoms with Crippen LogP contribution >= 0.6 is 0 Å². The van der Waals surface area contributed by atoms with E-state index < -0.39 is 0 Å². The number of nitrogens with one attached hydrogen (secondary N) is 1. The Balaban J connectivity index is 1.95. The molecule has 0 aromatic heterocycles. The zero-order chi connectivity index (χ0) is 16.2. The Morgan fingerprint density at radius 1 is 1.00 bits per heavy atom. The topological polar surface area (TPSA) is 29.1 Å². The zero-order valence-corrected chi connectivity index (χ0v) is 13.9. The first-order chi connectivity index (χ1) is 10.4. The first-order valence-electron chi connectivity index (χ1n) is 7.81. The molecule has 0 aliphatic rings. The summed E-state index contributed by atoms with van der Waals surface area (Å²) < 4.78 is 0. The van der Waals surface area contributed by atoms with Gasteiger partial charge in [-0.15, -0.1) is 0 Å². The molecule has 0 heterocycles. The highest BCUT2D eigenvalue weighted by molar-refractivity contribution is 5.94. The van der Waals surface area contributed by atoms with E-state index in [0.29, 0.717) is 18.0 Å². The maximum absolute atomic E-state index is 12.2.